The molecule has 3 rings (SSSR count). The molecular formula is C14H22N4. The van der Waals surface area contributed by atoms with E-state index in [1.807, 2.05) is 13.1 Å². The summed E-state index contributed by atoms with van der Waals surface area (Å²) >= 11 is 0. The summed E-state index contributed by atoms with van der Waals surface area (Å²) < 4.78 is 0. The molecule has 4 heteroatoms. The highest BCUT2D eigenvalue weighted by molar-refractivity contribution is 5.40. The number of fused-ring (bicyclic) bond motifs is 1. The maximum absolute atomic E-state index is 5.85. The van der Waals surface area contributed by atoms with Crippen molar-refractivity contribution in [1.82, 2.24) is 9.88 Å². The molecule has 2 unspecified atom stereocenters. The predicted molar refractivity (Wildman–Crippen MR) is 73.6 cm³/mol. The van der Waals surface area contributed by atoms with E-state index in [9.17, 15) is 0 Å². The average molecular weight is 246 g/mol. The molecule has 1 aromatic heterocycles. The van der Waals surface area contributed by atoms with E-state index >= 15 is 0 Å². The lowest BCUT2D eigenvalue weighted by Crippen LogP contribution is -2.50. The highest BCUT2D eigenvalue weighted by Crippen LogP contribution is 2.24. The number of pyridine rings is 1. The maximum Gasteiger partial charge on any atom is 0.128 e. The molecule has 0 bridgehead atoms. The van der Waals surface area contributed by atoms with Gasteiger partial charge in [0, 0.05) is 37.9 Å². The molecule has 1 aromatic rings. The average Bonchev–Trinajstić information content (AvgIpc) is 2.86. The van der Waals surface area contributed by atoms with Crippen LogP contribution in [0, 0.1) is 0 Å². The Balaban J connectivity index is 1.71. The van der Waals surface area contributed by atoms with E-state index < -0.39 is 0 Å². The molecule has 0 spiro atoms. The molecule has 2 saturated heterocycles. The molecule has 0 aliphatic carbocycles. The van der Waals surface area contributed by atoms with Gasteiger partial charge in [-0.3, -0.25) is 4.90 Å². The number of piperazine rings is 1. The number of nitrogens with zero attached hydrogens (tertiary/aromatic N) is 3. The first-order valence-electron chi connectivity index (χ1n) is 6.94. The van der Waals surface area contributed by atoms with Gasteiger partial charge in [-0.15, -0.1) is 0 Å². The summed E-state index contributed by atoms with van der Waals surface area (Å²) in [6.07, 6.45) is 4.62. The Morgan fingerprint density at radius 2 is 2.22 bits per heavy atom. The highest BCUT2D eigenvalue weighted by atomic mass is 15.3. The molecule has 2 N–H and O–H groups in total. The van der Waals surface area contributed by atoms with Gasteiger partial charge in [-0.25, -0.2) is 4.98 Å². The molecule has 2 aliphatic heterocycles. The van der Waals surface area contributed by atoms with Gasteiger partial charge in [0.1, 0.15) is 5.82 Å². The van der Waals surface area contributed by atoms with Gasteiger partial charge in [-0.05, 0) is 37.9 Å². The van der Waals surface area contributed by atoms with E-state index in [4.69, 9.17) is 5.73 Å². The molecule has 3 heterocycles. The van der Waals surface area contributed by atoms with E-state index in [1.165, 1.54) is 25.9 Å². The van der Waals surface area contributed by atoms with E-state index in [1.54, 1.807) is 0 Å². The zero-order chi connectivity index (χ0) is 12.5. The van der Waals surface area contributed by atoms with Crippen molar-refractivity contribution in [3.63, 3.8) is 0 Å². The number of rotatable bonds is 2. The molecule has 98 valence electrons. The quantitative estimate of drug-likeness (QED) is 0.856. The Hall–Kier alpha value is -1.13. The summed E-state index contributed by atoms with van der Waals surface area (Å²) in [6.45, 7) is 6.69. The Labute approximate surface area is 109 Å². The van der Waals surface area contributed by atoms with Crippen LogP contribution in [0.1, 0.15) is 31.4 Å². The van der Waals surface area contributed by atoms with E-state index in [0.717, 1.165) is 30.5 Å². The van der Waals surface area contributed by atoms with Crippen LogP contribution in [-0.4, -0.2) is 42.1 Å². The Morgan fingerprint density at radius 3 is 2.94 bits per heavy atom. The van der Waals surface area contributed by atoms with E-state index in [-0.39, 0.29) is 6.04 Å². The fourth-order valence-corrected chi connectivity index (χ4v) is 3.05. The normalized spacial score (nSPS) is 26.1. The first kappa shape index (κ1) is 11.9. The van der Waals surface area contributed by atoms with Crippen molar-refractivity contribution < 1.29 is 0 Å². The molecule has 0 amide bonds. The zero-order valence-electron chi connectivity index (χ0n) is 11.0. The van der Waals surface area contributed by atoms with Crippen LogP contribution in [0.5, 0.6) is 0 Å². The van der Waals surface area contributed by atoms with Gasteiger partial charge in [-0.2, -0.15) is 0 Å². The summed E-state index contributed by atoms with van der Waals surface area (Å²) in [6, 6.07) is 5.03. The van der Waals surface area contributed by atoms with Crippen LogP contribution >= 0.6 is 0 Å². The topological polar surface area (TPSA) is 45.4 Å². The number of nitrogens with two attached hydrogens (primary N) is 1. The largest absolute Gasteiger partial charge is 0.354 e. The third kappa shape index (κ3) is 2.22. The lowest BCUT2D eigenvalue weighted by Gasteiger charge is -2.38. The van der Waals surface area contributed by atoms with Gasteiger partial charge in [0.15, 0.2) is 0 Å². The van der Waals surface area contributed by atoms with Crippen molar-refractivity contribution in [3.8, 4) is 0 Å². The summed E-state index contributed by atoms with van der Waals surface area (Å²) in [5.41, 5.74) is 6.96. The second-order valence-electron chi connectivity index (χ2n) is 5.52. The minimum absolute atomic E-state index is 0.0678. The SMILES string of the molecule is CC(N)c1ccc(N2CCN3CCCC3C2)nc1. The summed E-state index contributed by atoms with van der Waals surface area (Å²) in [5, 5.41) is 0. The number of hydrogen-bond donors (Lipinski definition) is 1. The number of anilines is 1. The highest BCUT2D eigenvalue weighted by Gasteiger charge is 2.30. The van der Waals surface area contributed by atoms with Crippen molar-refractivity contribution in [1.29, 1.82) is 0 Å². The van der Waals surface area contributed by atoms with Gasteiger partial charge in [-0.1, -0.05) is 6.07 Å². The van der Waals surface area contributed by atoms with Gasteiger partial charge >= 0.3 is 0 Å². The minimum Gasteiger partial charge on any atom is -0.354 e. The Morgan fingerprint density at radius 1 is 1.33 bits per heavy atom. The molecule has 2 fully saturated rings. The van der Waals surface area contributed by atoms with Gasteiger partial charge in [0.2, 0.25) is 0 Å². The summed E-state index contributed by atoms with van der Waals surface area (Å²) in [7, 11) is 0. The second kappa shape index (κ2) is 4.86. The molecular weight excluding hydrogens is 224 g/mol. The van der Waals surface area contributed by atoms with Crippen molar-refractivity contribution in [2.24, 2.45) is 5.73 Å². The number of aromatic nitrogens is 1. The van der Waals surface area contributed by atoms with Crippen LogP contribution in [0.3, 0.4) is 0 Å². The van der Waals surface area contributed by atoms with Crippen LogP contribution in [0.4, 0.5) is 5.82 Å². The van der Waals surface area contributed by atoms with Crippen molar-refractivity contribution in [3.05, 3.63) is 23.9 Å². The summed E-state index contributed by atoms with van der Waals surface area (Å²) in [5.74, 6) is 1.10. The van der Waals surface area contributed by atoms with Crippen LogP contribution in [0.25, 0.3) is 0 Å². The fourth-order valence-electron chi connectivity index (χ4n) is 3.05. The minimum atomic E-state index is 0.0678. The van der Waals surface area contributed by atoms with Gasteiger partial charge in [0.05, 0.1) is 0 Å². The monoisotopic (exact) mass is 246 g/mol. The molecule has 0 radical (unpaired) electrons. The zero-order valence-corrected chi connectivity index (χ0v) is 11.0. The molecule has 4 nitrogen and oxygen atoms in total. The molecule has 2 atom stereocenters. The maximum atomic E-state index is 5.85. The lowest BCUT2D eigenvalue weighted by atomic mass is 10.1. The van der Waals surface area contributed by atoms with Crippen LogP contribution in [0.15, 0.2) is 18.3 Å². The number of hydrogen-bond acceptors (Lipinski definition) is 4. The lowest BCUT2D eigenvalue weighted by molar-refractivity contribution is 0.230. The van der Waals surface area contributed by atoms with Gasteiger partial charge < -0.3 is 10.6 Å². The fraction of sp³-hybridized carbons (Fsp3) is 0.643. The van der Waals surface area contributed by atoms with Crippen molar-refractivity contribution in [2.45, 2.75) is 31.8 Å². The molecule has 18 heavy (non-hydrogen) atoms. The molecule has 0 aromatic carbocycles. The Kier molecular flexibility index (Phi) is 3.22. The van der Waals surface area contributed by atoms with Gasteiger partial charge in [0.25, 0.3) is 0 Å². The second-order valence-corrected chi connectivity index (χ2v) is 5.52. The van der Waals surface area contributed by atoms with Crippen LogP contribution < -0.4 is 10.6 Å². The van der Waals surface area contributed by atoms with Crippen molar-refractivity contribution in [2.75, 3.05) is 31.1 Å². The standard InChI is InChI=1S/C14H22N4/c1-11(15)12-4-5-14(16-9-12)18-8-7-17-6-2-3-13(17)10-18/h4-5,9,11,13H,2-3,6-8,10,15H2,1H3. The van der Waals surface area contributed by atoms with Crippen molar-refractivity contribution >= 4 is 5.82 Å². The third-order valence-corrected chi connectivity index (χ3v) is 4.21. The van der Waals surface area contributed by atoms with E-state index in [0.29, 0.717) is 0 Å². The smallest absolute Gasteiger partial charge is 0.128 e. The third-order valence-electron chi connectivity index (χ3n) is 4.21. The predicted octanol–water partition coefficient (Wildman–Crippen LogP) is 1.39. The van der Waals surface area contributed by atoms with Crippen LogP contribution in [-0.2, 0) is 0 Å². The first-order chi connectivity index (χ1) is 8.74. The Bertz CT molecular complexity index is 401. The molecule has 2 aliphatic rings. The van der Waals surface area contributed by atoms with E-state index in [2.05, 4.69) is 26.9 Å². The van der Waals surface area contributed by atoms with Crippen LogP contribution in [0.2, 0.25) is 0 Å². The first-order valence-corrected chi connectivity index (χ1v) is 6.94. The molecule has 0 saturated carbocycles. The summed E-state index contributed by atoms with van der Waals surface area (Å²) in [4.78, 5) is 9.60.